The lowest BCUT2D eigenvalue weighted by molar-refractivity contribution is -0.161. The van der Waals surface area contributed by atoms with E-state index < -0.39 is 59.9 Å². The number of rotatable bonds is 23. The molecule has 0 bridgehead atoms. The van der Waals surface area contributed by atoms with Gasteiger partial charge in [-0.15, -0.1) is 11.3 Å². The summed E-state index contributed by atoms with van der Waals surface area (Å²) in [7, 11) is 3.47. The number of benzene rings is 1. The number of methoxy groups -OCH3 is 1. The molecule has 1 aliphatic heterocycles. The Bertz CT molecular complexity index is 1730. The van der Waals surface area contributed by atoms with Crippen LogP contribution in [0.25, 0.3) is 0 Å². The molecule has 15 nitrogen and oxygen atoms in total. The minimum absolute atomic E-state index is 0.0186. The Morgan fingerprint density at radius 1 is 1.00 bits per heavy atom. The fourth-order valence-electron chi connectivity index (χ4n) is 7.32. The first-order chi connectivity index (χ1) is 28.3. The monoisotopic (exact) mass is 857 g/mol. The van der Waals surface area contributed by atoms with Gasteiger partial charge in [0.25, 0.3) is 5.91 Å². The van der Waals surface area contributed by atoms with Gasteiger partial charge in [0.05, 0.1) is 19.1 Å². The maximum Gasteiger partial charge on any atom is 0.307 e. The van der Waals surface area contributed by atoms with E-state index in [1.165, 1.54) is 11.8 Å². The van der Waals surface area contributed by atoms with E-state index in [1.807, 2.05) is 65.6 Å². The topological polar surface area (TPSA) is 194 Å². The molecule has 3 rings (SSSR count). The van der Waals surface area contributed by atoms with E-state index in [-0.39, 0.29) is 61.4 Å². The van der Waals surface area contributed by atoms with E-state index in [4.69, 9.17) is 14.2 Å². The largest absolute Gasteiger partial charge is 0.497 e. The smallest absolute Gasteiger partial charge is 0.307 e. The summed E-state index contributed by atoms with van der Waals surface area (Å²) in [5.41, 5.74) is 0.927. The third kappa shape index (κ3) is 15.2. The first-order valence-corrected chi connectivity index (χ1v) is 22.0. The molecule has 7 atom stereocenters. The van der Waals surface area contributed by atoms with Gasteiger partial charge in [-0.2, -0.15) is 0 Å². The molecule has 0 unspecified atom stereocenters. The van der Waals surface area contributed by atoms with Crippen LogP contribution in [0.15, 0.2) is 29.6 Å². The normalized spacial score (nSPS) is 17.4. The summed E-state index contributed by atoms with van der Waals surface area (Å²) in [6, 6.07) is 4.76. The van der Waals surface area contributed by atoms with Gasteiger partial charge in [0.15, 0.2) is 12.8 Å². The number of carboxylic acid groups (broad SMARTS) is 1. The van der Waals surface area contributed by atoms with Gasteiger partial charge in [0, 0.05) is 37.2 Å². The SMILES string of the molecule is CC[C@@H](C)[C@H](NC(=O)[C@H]1CCCCN1C)C(=O)N(COC(=O)CC(C)C)[C@H](C[C@@H](OC(C)=O)c1nc(C(=O)N[C@@H](Cc2ccc(OC)cc2)C[C@H](C)C(=O)O)cs1)C(C)C. The Morgan fingerprint density at radius 3 is 2.25 bits per heavy atom. The number of esters is 2. The first kappa shape index (κ1) is 49.8. The summed E-state index contributed by atoms with van der Waals surface area (Å²) in [6.45, 7) is 14.7. The zero-order chi connectivity index (χ0) is 44.7. The van der Waals surface area contributed by atoms with Crippen LogP contribution in [-0.2, 0) is 39.9 Å². The number of nitrogens with zero attached hydrogens (tertiary/aromatic N) is 3. The Kier molecular flexibility index (Phi) is 19.9. The lowest BCUT2D eigenvalue weighted by Gasteiger charge is -2.39. The minimum Gasteiger partial charge on any atom is -0.497 e. The van der Waals surface area contributed by atoms with Crippen molar-refractivity contribution < 1.29 is 48.1 Å². The van der Waals surface area contributed by atoms with Crippen molar-refractivity contribution in [3.05, 3.63) is 45.9 Å². The number of aromatic nitrogens is 1. The number of hydrogen-bond acceptors (Lipinski definition) is 12. The lowest BCUT2D eigenvalue weighted by atomic mass is 9.92. The molecule has 0 aliphatic carbocycles. The van der Waals surface area contributed by atoms with Gasteiger partial charge >= 0.3 is 17.9 Å². The van der Waals surface area contributed by atoms with E-state index in [2.05, 4.69) is 15.6 Å². The molecule has 60 heavy (non-hydrogen) atoms. The van der Waals surface area contributed by atoms with E-state index in [1.54, 1.807) is 31.5 Å². The number of carboxylic acids is 1. The number of thiazole rings is 1. The van der Waals surface area contributed by atoms with Crippen LogP contribution in [0.3, 0.4) is 0 Å². The van der Waals surface area contributed by atoms with Gasteiger partial charge in [0.1, 0.15) is 22.5 Å². The number of carbonyl (C=O) groups is 6. The highest BCUT2D eigenvalue weighted by Crippen LogP contribution is 2.32. The number of carbonyl (C=O) groups excluding carboxylic acids is 5. The molecule has 0 radical (unpaired) electrons. The maximum atomic E-state index is 14.8. The summed E-state index contributed by atoms with van der Waals surface area (Å²) in [4.78, 5) is 87.7. The molecular formula is C44H67N5O10S. The number of piperidine rings is 1. The van der Waals surface area contributed by atoms with Gasteiger partial charge in [-0.1, -0.05) is 73.4 Å². The second kappa shape index (κ2) is 24.0. The zero-order valence-corrected chi connectivity index (χ0v) is 37.8. The van der Waals surface area contributed by atoms with Crippen molar-refractivity contribution in [2.24, 2.45) is 23.7 Å². The quantitative estimate of drug-likeness (QED) is 0.0872. The van der Waals surface area contributed by atoms with E-state index in [9.17, 15) is 33.9 Å². The van der Waals surface area contributed by atoms with Crippen molar-refractivity contribution in [1.82, 2.24) is 25.4 Å². The molecular weight excluding hydrogens is 791 g/mol. The van der Waals surface area contributed by atoms with E-state index in [0.717, 1.165) is 36.3 Å². The van der Waals surface area contributed by atoms with Gasteiger partial charge in [0.2, 0.25) is 11.8 Å². The van der Waals surface area contributed by atoms with Crippen LogP contribution >= 0.6 is 11.3 Å². The van der Waals surface area contributed by atoms with Crippen molar-refractivity contribution in [3.8, 4) is 5.75 Å². The highest BCUT2D eigenvalue weighted by Gasteiger charge is 2.39. The third-order valence-corrected chi connectivity index (χ3v) is 12.0. The molecule has 0 saturated carbocycles. The molecule has 3 amide bonds. The highest BCUT2D eigenvalue weighted by molar-refractivity contribution is 7.09. The summed E-state index contributed by atoms with van der Waals surface area (Å²) < 4.78 is 16.8. The first-order valence-electron chi connectivity index (χ1n) is 21.1. The number of nitrogens with one attached hydrogen (secondary N) is 2. The zero-order valence-electron chi connectivity index (χ0n) is 37.0. The van der Waals surface area contributed by atoms with E-state index >= 15 is 0 Å². The summed E-state index contributed by atoms with van der Waals surface area (Å²) in [5.74, 6) is -3.83. The Labute approximate surface area is 359 Å². The summed E-state index contributed by atoms with van der Waals surface area (Å²) in [6.07, 6.45) is 2.87. The number of likely N-dealkylation sites (tertiary alicyclic amines) is 1. The van der Waals surface area contributed by atoms with Crippen LogP contribution in [-0.4, -0.2) is 107 Å². The van der Waals surface area contributed by atoms with Crippen LogP contribution in [0, 0.1) is 23.7 Å². The van der Waals surface area contributed by atoms with Crippen molar-refractivity contribution in [2.45, 2.75) is 137 Å². The molecule has 16 heteroatoms. The fourth-order valence-corrected chi connectivity index (χ4v) is 8.16. The average molecular weight is 858 g/mol. The number of amides is 3. The molecule has 2 aromatic rings. The predicted molar refractivity (Wildman–Crippen MR) is 228 cm³/mol. The molecule has 0 spiro atoms. The average Bonchev–Trinajstić information content (AvgIpc) is 3.69. The third-order valence-electron chi connectivity index (χ3n) is 11.1. The van der Waals surface area contributed by atoms with Crippen molar-refractivity contribution in [1.29, 1.82) is 0 Å². The van der Waals surface area contributed by atoms with Gasteiger partial charge in [-0.3, -0.25) is 33.7 Å². The van der Waals surface area contributed by atoms with Crippen LogP contribution in [0.1, 0.15) is 127 Å². The van der Waals surface area contributed by atoms with Crippen LogP contribution in [0.2, 0.25) is 0 Å². The molecule has 1 aromatic heterocycles. The molecule has 3 N–H and O–H groups in total. The molecule has 2 heterocycles. The number of aliphatic carboxylic acids is 1. The van der Waals surface area contributed by atoms with Gasteiger partial charge < -0.3 is 34.9 Å². The Morgan fingerprint density at radius 2 is 1.68 bits per heavy atom. The van der Waals surface area contributed by atoms with Gasteiger partial charge in [-0.05, 0) is 74.7 Å². The second-order valence-electron chi connectivity index (χ2n) is 16.8. The minimum atomic E-state index is -1.00. The van der Waals surface area contributed by atoms with E-state index in [0.29, 0.717) is 30.0 Å². The van der Waals surface area contributed by atoms with Crippen LogP contribution in [0.4, 0.5) is 0 Å². The Hall–Kier alpha value is -4.57. The summed E-state index contributed by atoms with van der Waals surface area (Å²) >= 11 is 1.11. The summed E-state index contributed by atoms with van der Waals surface area (Å²) in [5, 5.41) is 17.5. The Balaban J connectivity index is 1.96. The van der Waals surface area contributed by atoms with Crippen molar-refractivity contribution in [2.75, 3.05) is 27.4 Å². The maximum absolute atomic E-state index is 14.8. The highest BCUT2D eigenvalue weighted by atomic mass is 32.1. The van der Waals surface area contributed by atoms with Crippen LogP contribution < -0.4 is 15.4 Å². The van der Waals surface area contributed by atoms with Crippen molar-refractivity contribution in [3.63, 3.8) is 0 Å². The van der Waals surface area contributed by atoms with Gasteiger partial charge in [-0.25, -0.2) is 4.98 Å². The van der Waals surface area contributed by atoms with Crippen molar-refractivity contribution >= 4 is 47.0 Å². The fraction of sp³-hybridized carbons (Fsp3) is 0.659. The predicted octanol–water partition coefficient (Wildman–Crippen LogP) is 6.01. The molecule has 1 aromatic carbocycles. The second-order valence-corrected chi connectivity index (χ2v) is 17.7. The molecule has 334 valence electrons. The molecule has 1 aliphatic rings. The molecule has 1 saturated heterocycles. The van der Waals surface area contributed by atoms with Crippen LogP contribution in [0.5, 0.6) is 5.75 Å². The lowest BCUT2D eigenvalue weighted by Crippen LogP contribution is -2.59. The molecule has 1 fully saturated rings. The number of likely N-dealkylation sites (N-methyl/N-ethyl adjacent to an activating group) is 1. The number of ether oxygens (including phenoxy) is 3. The standard InChI is InChI=1S/C44H67N5O10S/c1-11-28(6)39(47-41(53)35-14-12-13-19-48(35)9)43(54)49(25-58-38(51)20-26(2)3)36(27(4)5)23-37(59-30(8)50)42-46-34(24-60-42)40(52)45-32(21-29(7)44(55)56)22-31-15-17-33(57-10)18-16-31/h15-18,24,26-29,32,35-37,39H,11-14,19-23,25H2,1-10H3,(H,45,52)(H,47,53)(H,55,56)/t28-,29+,32-,35-,36-,37-,39+/m1/s1. The number of hydrogen-bond donors (Lipinski definition) is 3.